The molecular weight excluding hydrogens is 332 g/mol. The van der Waals surface area contributed by atoms with Crippen LogP contribution in [-0.2, 0) is 9.53 Å². The van der Waals surface area contributed by atoms with Crippen molar-refractivity contribution in [2.75, 3.05) is 38.2 Å². The number of carbonyl (C=O) groups excluding carboxylic acids is 2. The lowest BCUT2D eigenvalue weighted by Crippen LogP contribution is -2.40. The zero-order valence-corrected chi connectivity index (χ0v) is 14.7. The summed E-state index contributed by atoms with van der Waals surface area (Å²) >= 11 is 0. The van der Waals surface area contributed by atoms with E-state index in [0.717, 1.165) is 5.56 Å². The first-order valence-corrected chi connectivity index (χ1v) is 8.58. The number of morpholine rings is 1. The molecule has 0 aromatic heterocycles. The van der Waals surface area contributed by atoms with E-state index in [1.54, 1.807) is 29.2 Å². The van der Waals surface area contributed by atoms with Gasteiger partial charge < -0.3 is 19.7 Å². The van der Waals surface area contributed by atoms with Crippen LogP contribution in [0.4, 0.5) is 5.69 Å². The number of aryl methyl sites for hydroxylation is 1. The lowest BCUT2D eigenvalue weighted by atomic mass is 10.1. The fraction of sp³-hybridized carbons (Fsp3) is 0.300. The van der Waals surface area contributed by atoms with Crippen LogP contribution in [0.25, 0.3) is 0 Å². The van der Waals surface area contributed by atoms with Crippen LogP contribution in [-0.4, -0.2) is 49.6 Å². The third kappa shape index (κ3) is 4.83. The molecule has 1 heterocycles. The number of ether oxygens (including phenoxy) is 2. The maximum Gasteiger partial charge on any atom is 0.262 e. The van der Waals surface area contributed by atoms with Crippen molar-refractivity contribution in [1.29, 1.82) is 0 Å². The first kappa shape index (κ1) is 17.9. The van der Waals surface area contributed by atoms with E-state index >= 15 is 0 Å². The molecule has 2 aromatic carbocycles. The first-order valence-electron chi connectivity index (χ1n) is 8.58. The molecular formula is C20H22N2O4. The Morgan fingerprint density at radius 3 is 2.54 bits per heavy atom. The van der Waals surface area contributed by atoms with E-state index in [0.29, 0.717) is 43.3 Å². The van der Waals surface area contributed by atoms with Gasteiger partial charge in [-0.15, -0.1) is 0 Å². The summed E-state index contributed by atoms with van der Waals surface area (Å²) in [6, 6.07) is 14.4. The van der Waals surface area contributed by atoms with Crippen molar-refractivity contribution in [3.8, 4) is 5.75 Å². The van der Waals surface area contributed by atoms with Crippen LogP contribution in [0.15, 0.2) is 48.5 Å². The average Bonchev–Trinajstić information content (AvgIpc) is 2.67. The lowest BCUT2D eigenvalue weighted by Gasteiger charge is -2.26. The van der Waals surface area contributed by atoms with Gasteiger partial charge in [-0.05, 0) is 48.9 Å². The van der Waals surface area contributed by atoms with Crippen LogP contribution in [0, 0.1) is 6.92 Å². The van der Waals surface area contributed by atoms with Gasteiger partial charge in [0.15, 0.2) is 6.61 Å². The molecule has 3 rings (SSSR count). The van der Waals surface area contributed by atoms with Crippen LogP contribution in [0.2, 0.25) is 0 Å². The number of nitrogens with zero attached hydrogens (tertiary/aromatic N) is 1. The number of rotatable bonds is 5. The number of amides is 2. The molecule has 0 atom stereocenters. The number of nitrogens with one attached hydrogen (secondary N) is 1. The van der Waals surface area contributed by atoms with E-state index in [1.807, 2.05) is 31.2 Å². The van der Waals surface area contributed by atoms with E-state index in [2.05, 4.69) is 5.32 Å². The van der Waals surface area contributed by atoms with Crippen LogP contribution >= 0.6 is 0 Å². The van der Waals surface area contributed by atoms with Gasteiger partial charge in [-0.2, -0.15) is 0 Å². The van der Waals surface area contributed by atoms with Gasteiger partial charge in [0.2, 0.25) is 0 Å². The largest absolute Gasteiger partial charge is 0.484 e. The molecule has 6 nitrogen and oxygen atoms in total. The normalized spacial score (nSPS) is 14.0. The fourth-order valence-electron chi connectivity index (χ4n) is 2.70. The Labute approximate surface area is 152 Å². The predicted molar refractivity (Wildman–Crippen MR) is 98.5 cm³/mol. The van der Waals surface area contributed by atoms with E-state index < -0.39 is 0 Å². The minimum absolute atomic E-state index is 0.0195. The van der Waals surface area contributed by atoms with Crippen LogP contribution in [0.5, 0.6) is 5.75 Å². The highest BCUT2D eigenvalue weighted by Crippen LogP contribution is 2.14. The van der Waals surface area contributed by atoms with Gasteiger partial charge >= 0.3 is 0 Å². The van der Waals surface area contributed by atoms with Crippen molar-refractivity contribution in [2.24, 2.45) is 0 Å². The Kier molecular flexibility index (Phi) is 5.86. The van der Waals surface area contributed by atoms with Gasteiger partial charge in [0, 0.05) is 24.3 Å². The van der Waals surface area contributed by atoms with Crippen molar-refractivity contribution in [1.82, 2.24) is 4.90 Å². The molecule has 0 saturated carbocycles. The summed E-state index contributed by atoms with van der Waals surface area (Å²) in [6.45, 7) is 4.24. The van der Waals surface area contributed by atoms with Gasteiger partial charge in [-0.1, -0.05) is 12.1 Å². The number of hydrogen-bond acceptors (Lipinski definition) is 4. The molecule has 1 fully saturated rings. The Bertz CT molecular complexity index is 768. The summed E-state index contributed by atoms with van der Waals surface area (Å²) in [5.41, 5.74) is 2.30. The average molecular weight is 354 g/mol. The molecule has 0 spiro atoms. The summed E-state index contributed by atoms with van der Waals surface area (Å²) < 4.78 is 10.7. The van der Waals surface area contributed by atoms with Gasteiger partial charge in [-0.25, -0.2) is 0 Å². The van der Waals surface area contributed by atoms with Gasteiger partial charge in [0.05, 0.1) is 13.2 Å². The number of anilines is 1. The Morgan fingerprint density at radius 2 is 1.85 bits per heavy atom. The first-order chi connectivity index (χ1) is 12.6. The highest BCUT2D eigenvalue weighted by Gasteiger charge is 2.18. The van der Waals surface area contributed by atoms with Crippen LogP contribution in [0.3, 0.4) is 0 Å². The maximum atomic E-state index is 12.4. The SMILES string of the molecule is Cc1cccc(OCC(=O)Nc2ccc(C(=O)N3CCOCC3)cc2)c1. The zero-order valence-electron chi connectivity index (χ0n) is 14.7. The molecule has 2 aromatic rings. The molecule has 0 aliphatic carbocycles. The maximum absolute atomic E-state index is 12.4. The van der Waals surface area contributed by atoms with E-state index in [9.17, 15) is 9.59 Å². The minimum Gasteiger partial charge on any atom is -0.484 e. The summed E-state index contributed by atoms with van der Waals surface area (Å²) in [7, 11) is 0. The third-order valence-electron chi connectivity index (χ3n) is 4.07. The molecule has 136 valence electrons. The highest BCUT2D eigenvalue weighted by atomic mass is 16.5. The molecule has 6 heteroatoms. The molecule has 0 radical (unpaired) electrons. The Hall–Kier alpha value is -2.86. The molecule has 2 amide bonds. The quantitative estimate of drug-likeness (QED) is 0.896. The highest BCUT2D eigenvalue weighted by molar-refractivity contribution is 5.96. The summed E-state index contributed by atoms with van der Waals surface area (Å²) in [5.74, 6) is 0.388. The van der Waals surface area contributed by atoms with Crippen molar-refractivity contribution in [3.05, 3.63) is 59.7 Å². The van der Waals surface area contributed by atoms with Crippen molar-refractivity contribution < 1.29 is 19.1 Å². The number of carbonyl (C=O) groups is 2. The van der Waals surface area contributed by atoms with E-state index in [4.69, 9.17) is 9.47 Å². The standard InChI is InChI=1S/C20H22N2O4/c1-15-3-2-4-18(13-15)26-14-19(23)21-17-7-5-16(6-8-17)20(24)22-9-11-25-12-10-22/h2-8,13H,9-12,14H2,1H3,(H,21,23). The minimum atomic E-state index is -0.251. The monoisotopic (exact) mass is 354 g/mol. The van der Waals surface area contributed by atoms with Gasteiger partial charge in [0.25, 0.3) is 11.8 Å². The van der Waals surface area contributed by atoms with Crippen molar-refractivity contribution in [2.45, 2.75) is 6.92 Å². The molecule has 1 aliphatic heterocycles. The second-order valence-corrected chi connectivity index (χ2v) is 6.14. The second kappa shape index (κ2) is 8.49. The summed E-state index contributed by atoms with van der Waals surface area (Å²) in [4.78, 5) is 26.2. The van der Waals surface area contributed by atoms with Crippen molar-refractivity contribution >= 4 is 17.5 Å². The molecule has 1 saturated heterocycles. The molecule has 1 N–H and O–H groups in total. The van der Waals surface area contributed by atoms with Gasteiger partial charge in [0.1, 0.15) is 5.75 Å². The Balaban J connectivity index is 1.51. The third-order valence-corrected chi connectivity index (χ3v) is 4.07. The van der Waals surface area contributed by atoms with Gasteiger partial charge in [-0.3, -0.25) is 9.59 Å². The molecule has 26 heavy (non-hydrogen) atoms. The number of hydrogen-bond donors (Lipinski definition) is 1. The molecule has 0 bridgehead atoms. The lowest BCUT2D eigenvalue weighted by molar-refractivity contribution is -0.118. The fourth-order valence-corrected chi connectivity index (χ4v) is 2.70. The van der Waals surface area contributed by atoms with Crippen LogP contribution < -0.4 is 10.1 Å². The molecule has 0 unspecified atom stereocenters. The van der Waals surface area contributed by atoms with E-state index in [-0.39, 0.29) is 18.4 Å². The number of benzene rings is 2. The Morgan fingerprint density at radius 1 is 1.12 bits per heavy atom. The molecule has 1 aliphatic rings. The topological polar surface area (TPSA) is 67.9 Å². The second-order valence-electron chi connectivity index (χ2n) is 6.14. The summed E-state index contributed by atoms with van der Waals surface area (Å²) in [6.07, 6.45) is 0. The van der Waals surface area contributed by atoms with Crippen LogP contribution in [0.1, 0.15) is 15.9 Å². The van der Waals surface area contributed by atoms with E-state index in [1.165, 1.54) is 0 Å². The smallest absolute Gasteiger partial charge is 0.262 e. The van der Waals surface area contributed by atoms with Crippen molar-refractivity contribution in [3.63, 3.8) is 0 Å². The zero-order chi connectivity index (χ0) is 18.4. The predicted octanol–water partition coefficient (Wildman–Crippen LogP) is 2.48. The summed E-state index contributed by atoms with van der Waals surface area (Å²) in [5, 5.41) is 2.76.